The van der Waals surface area contributed by atoms with Gasteiger partial charge in [0.05, 0.1) is 18.5 Å². The van der Waals surface area contributed by atoms with Crippen LogP contribution in [0.25, 0.3) is 0 Å². The van der Waals surface area contributed by atoms with Gasteiger partial charge in [0.1, 0.15) is 5.82 Å². The van der Waals surface area contributed by atoms with Gasteiger partial charge in [-0.1, -0.05) is 13.8 Å². The van der Waals surface area contributed by atoms with Gasteiger partial charge in [0, 0.05) is 17.9 Å². The summed E-state index contributed by atoms with van der Waals surface area (Å²) in [5.41, 5.74) is 0.316. The fourth-order valence-electron chi connectivity index (χ4n) is 1.82. The number of rotatable bonds is 6. The van der Waals surface area contributed by atoms with Crippen molar-refractivity contribution in [3.05, 3.63) is 17.7 Å². The molecule has 1 aliphatic rings. The van der Waals surface area contributed by atoms with Gasteiger partial charge in [-0.05, 0) is 12.8 Å². The van der Waals surface area contributed by atoms with Gasteiger partial charge in [0.25, 0.3) is 0 Å². The Bertz CT molecular complexity index is 484. The zero-order valence-electron chi connectivity index (χ0n) is 11.2. The van der Waals surface area contributed by atoms with E-state index in [1.807, 2.05) is 13.8 Å². The molecule has 0 aliphatic heterocycles. The first kappa shape index (κ1) is 13.7. The van der Waals surface area contributed by atoms with Gasteiger partial charge in [-0.3, -0.25) is 0 Å². The van der Waals surface area contributed by atoms with Crippen LogP contribution in [-0.2, 0) is 0 Å². The van der Waals surface area contributed by atoms with Crippen LogP contribution >= 0.6 is 0 Å². The highest BCUT2D eigenvalue weighted by Crippen LogP contribution is 2.45. The minimum Gasteiger partial charge on any atom is -0.476 e. The molecule has 1 saturated carbocycles. The molecule has 0 amide bonds. The SMILES string of the molecule is CC(C)c1ncc(NCC2(CO)CC2)c(C(=O)O)n1. The zero-order valence-corrected chi connectivity index (χ0v) is 11.2. The van der Waals surface area contributed by atoms with Crippen LogP contribution < -0.4 is 5.32 Å². The van der Waals surface area contributed by atoms with Crippen LogP contribution in [0.2, 0.25) is 0 Å². The quantitative estimate of drug-likeness (QED) is 0.721. The number of carboxylic acid groups (broad SMARTS) is 1. The van der Waals surface area contributed by atoms with Gasteiger partial charge in [-0.15, -0.1) is 0 Å². The van der Waals surface area contributed by atoms with E-state index in [2.05, 4.69) is 15.3 Å². The number of aromatic carboxylic acids is 1. The maximum Gasteiger partial charge on any atom is 0.356 e. The van der Waals surface area contributed by atoms with Crippen molar-refractivity contribution < 1.29 is 15.0 Å². The number of anilines is 1. The van der Waals surface area contributed by atoms with Gasteiger partial charge in [-0.2, -0.15) is 0 Å². The largest absolute Gasteiger partial charge is 0.476 e. The molecule has 3 N–H and O–H groups in total. The molecule has 6 nitrogen and oxygen atoms in total. The van der Waals surface area contributed by atoms with E-state index < -0.39 is 5.97 Å². The molecule has 0 saturated heterocycles. The van der Waals surface area contributed by atoms with Crippen molar-refractivity contribution in [1.82, 2.24) is 9.97 Å². The third-order valence-electron chi connectivity index (χ3n) is 3.47. The van der Waals surface area contributed by atoms with Crippen molar-refractivity contribution in [2.75, 3.05) is 18.5 Å². The lowest BCUT2D eigenvalue weighted by molar-refractivity contribution is 0.0691. The average molecular weight is 265 g/mol. The van der Waals surface area contributed by atoms with Crippen molar-refractivity contribution in [3.8, 4) is 0 Å². The van der Waals surface area contributed by atoms with Crippen LogP contribution in [0.4, 0.5) is 5.69 Å². The van der Waals surface area contributed by atoms with Crippen molar-refractivity contribution in [2.24, 2.45) is 5.41 Å². The number of hydrogen-bond donors (Lipinski definition) is 3. The standard InChI is InChI=1S/C13H19N3O3/c1-8(2)11-14-5-9(10(16-11)12(18)19)15-6-13(7-17)3-4-13/h5,8,15,17H,3-4,6-7H2,1-2H3,(H,18,19). The summed E-state index contributed by atoms with van der Waals surface area (Å²) in [6, 6.07) is 0. The first-order valence-corrected chi connectivity index (χ1v) is 6.42. The molecule has 0 bridgehead atoms. The lowest BCUT2D eigenvalue weighted by Gasteiger charge is -2.15. The van der Waals surface area contributed by atoms with E-state index in [0.29, 0.717) is 18.1 Å². The summed E-state index contributed by atoms with van der Waals surface area (Å²) in [4.78, 5) is 19.5. The summed E-state index contributed by atoms with van der Waals surface area (Å²) in [7, 11) is 0. The van der Waals surface area contributed by atoms with Gasteiger partial charge in [0.15, 0.2) is 5.69 Å². The molecule has 6 heteroatoms. The first-order valence-electron chi connectivity index (χ1n) is 6.42. The molecule has 0 unspecified atom stereocenters. The molecule has 0 spiro atoms. The van der Waals surface area contributed by atoms with E-state index in [-0.39, 0.29) is 23.6 Å². The summed E-state index contributed by atoms with van der Waals surface area (Å²) in [6.45, 7) is 4.50. The molecule has 2 rings (SSSR count). The molecule has 0 aromatic carbocycles. The highest BCUT2D eigenvalue weighted by atomic mass is 16.4. The van der Waals surface area contributed by atoms with E-state index in [0.717, 1.165) is 12.8 Å². The summed E-state index contributed by atoms with van der Waals surface area (Å²) in [5.74, 6) is -0.466. The number of aromatic nitrogens is 2. The molecular weight excluding hydrogens is 246 g/mol. The number of hydrogen-bond acceptors (Lipinski definition) is 5. The molecular formula is C13H19N3O3. The summed E-state index contributed by atoms with van der Waals surface area (Å²) < 4.78 is 0. The van der Waals surface area contributed by atoms with Crippen LogP contribution in [0.3, 0.4) is 0 Å². The fraction of sp³-hybridized carbons (Fsp3) is 0.615. The number of nitrogens with one attached hydrogen (secondary N) is 1. The lowest BCUT2D eigenvalue weighted by Crippen LogP contribution is -2.21. The zero-order chi connectivity index (χ0) is 14.0. The smallest absolute Gasteiger partial charge is 0.356 e. The maximum absolute atomic E-state index is 11.2. The molecule has 1 aromatic heterocycles. The van der Waals surface area contributed by atoms with Crippen LogP contribution in [0.15, 0.2) is 6.20 Å². The number of aliphatic hydroxyl groups is 1. The molecule has 0 atom stereocenters. The monoisotopic (exact) mass is 265 g/mol. The third-order valence-corrected chi connectivity index (χ3v) is 3.47. The second kappa shape index (κ2) is 5.13. The third kappa shape index (κ3) is 3.01. The minimum absolute atomic E-state index is 0.00700. The first-order chi connectivity index (χ1) is 8.97. The topological polar surface area (TPSA) is 95.3 Å². The second-order valence-electron chi connectivity index (χ2n) is 5.46. The molecule has 1 heterocycles. The Balaban J connectivity index is 2.17. The van der Waals surface area contributed by atoms with E-state index in [4.69, 9.17) is 0 Å². The highest BCUT2D eigenvalue weighted by molar-refractivity contribution is 5.91. The number of aliphatic hydroxyl groups excluding tert-OH is 1. The Morgan fingerprint density at radius 3 is 2.68 bits per heavy atom. The van der Waals surface area contributed by atoms with Crippen molar-refractivity contribution in [3.63, 3.8) is 0 Å². The maximum atomic E-state index is 11.2. The Labute approximate surface area is 111 Å². The van der Waals surface area contributed by atoms with E-state index in [1.54, 1.807) is 0 Å². The number of nitrogens with zero attached hydrogens (tertiary/aromatic N) is 2. The Kier molecular flexibility index (Phi) is 3.71. The van der Waals surface area contributed by atoms with Crippen LogP contribution in [0.1, 0.15) is 48.9 Å². The normalized spacial score (nSPS) is 16.4. The van der Waals surface area contributed by atoms with Crippen LogP contribution in [0.5, 0.6) is 0 Å². The Hall–Kier alpha value is -1.69. The highest BCUT2D eigenvalue weighted by Gasteiger charge is 2.41. The summed E-state index contributed by atoms with van der Waals surface area (Å²) in [5, 5.41) is 21.5. The molecule has 1 aromatic rings. The average Bonchev–Trinajstić information content (AvgIpc) is 3.16. The minimum atomic E-state index is -1.07. The molecule has 0 radical (unpaired) electrons. The molecule has 104 valence electrons. The molecule has 1 aliphatic carbocycles. The van der Waals surface area contributed by atoms with Crippen molar-refractivity contribution in [2.45, 2.75) is 32.6 Å². The van der Waals surface area contributed by atoms with Crippen LogP contribution in [0, 0.1) is 5.41 Å². The van der Waals surface area contributed by atoms with Crippen LogP contribution in [-0.4, -0.2) is 39.3 Å². The van der Waals surface area contributed by atoms with E-state index in [9.17, 15) is 15.0 Å². The Morgan fingerprint density at radius 1 is 1.53 bits per heavy atom. The van der Waals surface area contributed by atoms with Crippen molar-refractivity contribution in [1.29, 1.82) is 0 Å². The predicted molar refractivity (Wildman–Crippen MR) is 70.3 cm³/mol. The van der Waals surface area contributed by atoms with E-state index >= 15 is 0 Å². The summed E-state index contributed by atoms with van der Waals surface area (Å²) in [6.07, 6.45) is 3.44. The second-order valence-corrected chi connectivity index (χ2v) is 5.46. The van der Waals surface area contributed by atoms with Crippen molar-refractivity contribution >= 4 is 11.7 Å². The molecule has 1 fully saturated rings. The van der Waals surface area contributed by atoms with Gasteiger partial charge in [0.2, 0.25) is 0 Å². The molecule has 19 heavy (non-hydrogen) atoms. The number of carboxylic acids is 1. The lowest BCUT2D eigenvalue weighted by atomic mass is 10.1. The van der Waals surface area contributed by atoms with Gasteiger partial charge < -0.3 is 15.5 Å². The Morgan fingerprint density at radius 2 is 2.21 bits per heavy atom. The van der Waals surface area contributed by atoms with Gasteiger partial charge >= 0.3 is 5.97 Å². The van der Waals surface area contributed by atoms with E-state index in [1.165, 1.54) is 6.20 Å². The van der Waals surface area contributed by atoms with Gasteiger partial charge in [-0.25, -0.2) is 14.8 Å². The fourth-order valence-corrected chi connectivity index (χ4v) is 1.82. The predicted octanol–water partition coefficient (Wildman–Crippen LogP) is 1.48. The summed E-state index contributed by atoms with van der Waals surface area (Å²) >= 11 is 0. The number of carbonyl (C=O) groups is 1.